The Morgan fingerprint density at radius 1 is 1.09 bits per heavy atom. The van der Waals surface area contributed by atoms with E-state index in [1.807, 2.05) is 38.1 Å². The number of H-pyrrole nitrogens is 1. The van der Waals surface area contributed by atoms with Crippen molar-refractivity contribution < 1.29 is 18.7 Å². The van der Waals surface area contributed by atoms with Gasteiger partial charge in [0.25, 0.3) is 0 Å². The van der Waals surface area contributed by atoms with E-state index in [0.29, 0.717) is 60.5 Å². The second kappa shape index (κ2) is 10.4. The van der Waals surface area contributed by atoms with Crippen molar-refractivity contribution in [3.05, 3.63) is 59.6 Å². The minimum absolute atomic E-state index is 0.329. The maximum absolute atomic E-state index is 5.78. The summed E-state index contributed by atoms with van der Waals surface area (Å²) in [5.41, 5.74) is 1.75. The molecule has 3 N–H and O–H groups in total. The average Bonchev–Trinajstić information content (AvgIpc) is 3.46. The van der Waals surface area contributed by atoms with Gasteiger partial charge < -0.3 is 29.4 Å². The Balaban J connectivity index is 1.32. The molecule has 3 heterocycles. The van der Waals surface area contributed by atoms with Gasteiger partial charge in [0.15, 0.2) is 17.3 Å². The summed E-state index contributed by atoms with van der Waals surface area (Å²) in [5, 5.41) is 17.2. The molecule has 0 radical (unpaired) electrons. The quantitative estimate of drug-likeness (QED) is 0.309. The highest BCUT2D eigenvalue weighted by Gasteiger charge is 2.09. The van der Waals surface area contributed by atoms with Crippen LogP contribution in [0.4, 0.5) is 17.6 Å². The molecule has 0 fully saturated rings. The van der Waals surface area contributed by atoms with Crippen molar-refractivity contribution in [2.75, 3.05) is 24.4 Å². The molecule has 11 heteroatoms. The van der Waals surface area contributed by atoms with Crippen LogP contribution in [0, 0.1) is 6.92 Å². The topological polar surface area (TPSA) is 132 Å². The van der Waals surface area contributed by atoms with Crippen molar-refractivity contribution in [3.8, 4) is 17.4 Å². The van der Waals surface area contributed by atoms with Gasteiger partial charge in [0.2, 0.25) is 11.8 Å². The van der Waals surface area contributed by atoms with Crippen molar-refractivity contribution >= 4 is 17.6 Å². The molecular weight excluding hydrogens is 426 g/mol. The fraction of sp³-hybridized carbons (Fsp3) is 0.273. The summed E-state index contributed by atoms with van der Waals surface area (Å²) in [4.78, 5) is 8.63. The first-order valence-electron chi connectivity index (χ1n) is 10.4. The molecule has 0 spiro atoms. The van der Waals surface area contributed by atoms with Crippen LogP contribution in [0.2, 0.25) is 0 Å². The molecular formula is C22H25N7O4. The Hall–Kier alpha value is -4.28. The molecule has 0 bridgehead atoms. The number of aromatic nitrogens is 5. The maximum Gasteiger partial charge on any atom is 0.235 e. The molecule has 0 aliphatic heterocycles. The highest BCUT2D eigenvalue weighted by Crippen LogP contribution is 2.28. The predicted octanol–water partition coefficient (Wildman–Crippen LogP) is 3.84. The van der Waals surface area contributed by atoms with E-state index in [9.17, 15) is 0 Å². The smallest absolute Gasteiger partial charge is 0.235 e. The predicted molar refractivity (Wildman–Crippen MR) is 121 cm³/mol. The molecule has 0 amide bonds. The van der Waals surface area contributed by atoms with Gasteiger partial charge in [-0.15, -0.1) is 5.10 Å². The Bertz CT molecular complexity index is 1190. The number of benzene rings is 1. The highest BCUT2D eigenvalue weighted by atomic mass is 16.5. The lowest BCUT2D eigenvalue weighted by molar-refractivity contribution is 0.289. The molecule has 0 aliphatic rings. The van der Waals surface area contributed by atoms with E-state index in [2.05, 4.69) is 36.0 Å². The number of methoxy groups -OCH3 is 1. The lowest BCUT2D eigenvalue weighted by atomic mass is 10.2. The molecule has 0 unspecified atom stereocenters. The molecule has 33 heavy (non-hydrogen) atoms. The lowest BCUT2D eigenvalue weighted by Gasteiger charge is -2.11. The highest BCUT2D eigenvalue weighted by molar-refractivity contribution is 5.53. The summed E-state index contributed by atoms with van der Waals surface area (Å²) in [6.45, 7) is 5.13. The second-order valence-corrected chi connectivity index (χ2v) is 7.01. The van der Waals surface area contributed by atoms with Crippen LogP contribution in [0.1, 0.15) is 23.9 Å². The van der Waals surface area contributed by atoms with Gasteiger partial charge in [-0.3, -0.25) is 5.10 Å². The van der Waals surface area contributed by atoms with Crippen LogP contribution in [-0.2, 0) is 13.2 Å². The van der Waals surface area contributed by atoms with Crippen LogP contribution in [-0.4, -0.2) is 39.0 Å². The van der Waals surface area contributed by atoms with Crippen LogP contribution in [0.25, 0.3) is 0 Å². The van der Waals surface area contributed by atoms with Gasteiger partial charge in [0.1, 0.15) is 18.2 Å². The molecule has 1 aromatic carbocycles. The Morgan fingerprint density at radius 2 is 2.00 bits per heavy atom. The van der Waals surface area contributed by atoms with Crippen molar-refractivity contribution in [3.63, 3.8) is 0 Å². The van der Waals surface area contributed by atoms with Gasteiger partial charge in [-0.2, -0.15) is 4.98 Å². The van der Waals surface area contributed by atoms with E-state index in [1.54, 1.807) is 25.4 Å². The first-order valence-corrected chi connectivity index (χ1v) is 10.4. The number of anilines is 3. The van der Waals surface area contributed by atoms with Crippen molar-refractivity contribution in [2.45, 2.75) is 27.0 Å². The van der Waals surface area contributed by atoms with E-state index in [0.717, 1.165) is 11.3 Å². The monoisotopic (exact) mass is 451 g/mol. The van der Waals surface area contributed by atoms with E-state index in [4.69, 9.17) is 18.7 Å². The van der Waals surface area contributed by atoms with Crippen molar-refractivity contribution in [1.29, 1.82) is 0 Å². The minimum atomic E-state index is 0.329. The summed E-state index contributed by atoms with van der Waals surface area (Å²) >= 11 is 0. The van der Waals surface area contributed by atoms with Gasteiger partial charge >= 0.3 is 0 Å². The summed E-state index contributed by atoms with van der Waals surface area (Å²) in [6.07, 6.45) is 1.65. The first kappa shape index (κ1) is 21.9. The van der Waals surface area contributed by atoms with E-state index in [1.165, 1.54) is 0 Å². The molecule has 0 aliphatic carbocycles. The van der Waals surface area contributed by atoms with Crippen molar-refractivity contribution in [2.24, 2.45) is 0 Å². The number of ether oxygens (including phenoxy) is 3. The van der Waals surface area contributed by atoms with Gasteiger partial charge in [-0.1, -0.05) is 11.2 Å². The molecule has 0 saturated heterocycles. The number of aryl methyl sites for hydroxylation is 1. The SMILES string of the molecule is CCOc1ccc(COc2cc(Nc3ccnc(NCc4cc(C)no4)n3)[nH]n2)cc1OC. The lowest BCUT2D eigenvalue weighted by Crippen LogP contribution is -2.04. The van der Waals surface area contributed by atoms with Crippen LogP contribution < -0.4 is 24.8 Å². The minimum Gasteiger partial charge on any atom is -0.493 e. The molecule has 4 rings (SSSR count). The standard InChI is InChI=1S/C22H25N7O4/c1-4-31-17-6-5-15(10-18(17)30-3)13-32-21-11-20(27-28-21)25-19-7-8-23-22(26-19)24-12-16-9-14(2)29-33-16/h5-11H,4,12-13H2,1-3H3,(H3,23,24,25,26,27,28). The second-order valence-electron chi connectivity index (χ2n) is 7.01. The molecule has 3 aromatic heterocycles. The molecule has 0 saturated carbocycles. The largest absolute Gasteiger partial charge is 0.493 e. The summed E-state index contributed by atoms with van der Waals surface area (Å²) in [5.74, 6) is 4.18. The Labute approximate surface area is 190 Å². The number of hydrogen-bond donors (Lipinski definition) is 3. The van der Waals surface area contributed by atoms with E-state index in [-0.39, 0.29) is 0 Å². The summed E-state index contributed by atoms with van der Waals surface area (Å²) in [7, 11) is 1.61. The number of rotatable bonds is 11. The fourth-order valence-corrected chi connectivity index (χ4v) is 2.99. The van der Waals surface area contributed by atoms with Gasteiger partial charge in [0, 0.05) is 18.3 Å². The molecule has 172 valence electrons. The van der Waals surface area contributed by atoms with Crippen LogP contribution in [0.15, 0.2) is 47.1 Å². The van der Waals surface area contributed by atoms with Crippen LogP contribution in [0.5, 0.6) is 17.4 Å². The molecule has 0 atom stereocenters. The van der Waals surface area contributed by atoms with Crippen molar-refractivity contribution in [1.82, 2.24) is 25.3 Å². The third-order valence-corrected chi connectivity index (χ3v) is 4.48. The molecule has 4 aromatic rings. The van der Waals surface area contributed by atoms with Gasteiger partial charge in [-0.05, 0) is 37.6 Å². The van der Waals surface area contributed by atoms with Crippen LogP contribution >= 0.6 is 0 Å². The maximum atomic E-state index is 5.78. The average molecular weight is 451 g/mol. The number of nitrogens with one attached hydrogen (secondary N) is 3. The zero-order chi connectivity index (χ0) is 23.0. The third-order valence-electron chi connectivity index (χ3n) is 4.48. The van der Waals surface area contributed by atoms with E-state index >= 15 is 0 Å². The summed E-state index contributed by atoms with van der Waals surface area (Å²) < 4.78 is 21.9. The normalized spacial score (nSPS) is 10.6. The number of hydrogen-bond acceptors (Lipinski definition) is 10. The van der Waals surface area contributed by atoms with Gasteiger partial charge in [-0.25, -0.2) is 4.98 Å². The summed E-state index contributed by atoms with van der Waals surface area (Å²) in [6, 6.07) is 11.0. The molecule has 11 nitrogen and oxygen atoms in total. The fourth-order valence-electron chi connectivity index (χ4n) is 2.99. The Morgan fingerprint density at radius 3 is 2.79 bits per heavy atom. The van der Waals surface area contributed by atoms with E-state index < -0.39 is 0 Å². The Kier molecular flexibility index (Phi) is 6.88. The first-order chi connectivity index (χ1) is 16.1. The third kappa shape index (κ3) is 5.91. The zero-order valence-corrected chi connectivity index (χ0v) is 18.6. The number of aromatic amines is 1. The van der Waals surface area contributed by atoms with Crippen LogP contribution in [0.3, 0.4) is 0 Å². The zero-order valence-electron chi connectivity index (χ0n) is 18.6. The number of nitrogens with zero attached hydrogens (tertiary/aromatic N) is 4. The van der Waals surface area contributed by atoms with Gasteiger partial charge in [0.05, 0.1) is 26.0 Å².